The van der Waals surface area contributed by atoms with Gasteiger partial charge in [0.15, 0.2) is 11.6 Å². The van der Waals surface area contributed by atoms with Crippen LogP contribution in [0.25, 0.3) is 0 Å². The first-order chi connectivity index (χ1) is 33.7. The van der Waals surface area contributed by atoms with Crippen molar-refractivity contribution < 1.29 is 38.5 Å². The van der Waals surface area contributed by atoms with Gasteiger partial charge in [-0.15, -0.1) is 0 Å². The number of carbonyl (C=O) groups is 4. The second-order valence-electron chi connectivity index (χ2n) is 21.4. The minimum Gasteiger partial charge on any atom is -0.444 e. The molecule has 0 aliphatic carbocycles. The molecule has 0 radical (unpaired) electrons. The highest BCUT2D eigenvalue weighted by atomic mass is 16.6. The molecule has 0 aromatic heterocycles. The van der Waals surface area contributed by atoms with Crippen molar-refractivity contribution in [2.24, 2.45) is 0 Å². The lowest BCUT2D eigenvalue weighted by molar-refractivity contribution is -0.385. The molecule has 4 aliphatic rings. The Kier molecular flexibility index (Phi) is 14.9. The number of ketones is 2. The van der Waals surface area contributed by atoms with Gasteiger partial charge < -0.3 is 19.3 Å². The van der Waals surface area contributed by atoms with E-state index in [0.29, 0.717) is 68.7 Å². The summed E-state index contributed by atoms with van der Waals surface area (Å²) in [6, 6.07) is 26.5. The zero-order valence-electron chi connectivity index (χ0n) is 41.7. The lowest BCUT2D eigenvalue weighted by Gasteiger charge is -2.35. The number of nitrogens with zero attached hydrogens (tertiary/aromatic N) is 6. The van der Waals surface area contributed by atoms with Crippen molar-refractivity contribution in [2.75, 3.05) is 36.0 Å². The van der Waals surface area contributed by atoms with Crippen LogP contribution in [-0.4, -0.2) is 92.9 Å². The van der Waals surface area contributed by atoms with E-state index >= 15 is 0 Å². The molecule has 71 heavy (non-hydrogen) atoms. The van der Waals surface area contributed by atoms with Crippen molar-refractivity contribution in [1.82, 2.24) is 9.80 Å². The van der Waals surface area contributed by atoms with Crippen molar-refractivity contribution in [3.05, 3.63) is 139 Å². The quantitative estimate of drug-likeness (QED) is 0.0913. The molecule has 4 aromatic carbocycles. The Morgan fingerprint density at radius 3 is 1.41 bits per heavy atom. The van der Waals surface area contributed by atoms with E-state index in [-0.39, 0.29) is 46.9 Å². The number of benzene rings is 4. The SMILES string of the molecule is CC(C)(C)OC(=O)N1CCC[C@H]1C(=O)Cc1ccc([C@H]2CC[C@H](c3ccc(CC(=O)[C@@H]4CCCN4C(=O)OC(C)(C)C)c([N+](=O)[O-])c3)N2c2ccc(N3CCC(c4ccccc4)CC3)cc2)cc1[N+](=O)[O-]. The van der Waals surface area contributed by atoms with Crippen LogP contribution in [0.15, 0.2) is 91.0 Å². The number of amides is 2. The van der Waals surface area contributed by atoms with Gasteiger partial charge in [0.05, 0.1) is 34.0 Å². The molecule has 376 valence electrons. The third kappa shape index (κ3) is 11.7. The van der Waals surface area contributed by atoms with E-state index in [1.807, 2.05) is 30.3 Å². The van der Waals surface area contributed by atoms with E-state index in [1.165, 1.54) is 27.5 Å². The van der Waals surface area contributed by atoms with Crippen molar-refractivity contribution >= 4 is 46.5 Å². The Morgan fingerprint density at radius 1 is 0.549 bits per heavy atom. The average Bonchev–Trinajstić information content (AvgIpc) is 4.13. The zero-order chi connectivity index (χ0) is 50.8. The number of hydrogen-bond donors (Lipinski definition) is 0. The summed E-state index contributed by atoms with van der Waals surface area (Å²) in [5.74, 6) is -0.109. The summed E-state index contributed by atoms with van der Waals surface area (Å²) in [5.41, 5.74) is 3.15. The molecular formula is C55H66N6O10. The Hall–Kier alpha value is -6.84. The molecule has 0 spiro atoms. The largest absolute Gasteiger partial charge is 0.444 e. The molecule has 4 heterocycles. The van der Waals surface area contributed by atoms with E-state index in [0.717, 1.165) is 37.3 Å². The maximum absolute atomic E-state index is 13.8. The van der Waals surface area contributed by atoms with E-state index < -0.39 is 57.4 Å². The van der Waals surface area contributed by atoms with Gasteiger partial charge in [0, 0.05) is 73.7 Å². The Labute approximate surface area is 415 Å². The van der Waals surface area contributed by atoms with Gasteiger partial charge in [-0.05, 0) is 140 Å². The number of anilines is 2. The topological polar surface area (TPSA) is 186 Å². The van der Waals surface area contributed by atoms with Gasteiger partial charge in [-0.1, -0.05) is 54.6 Å². The number of nitro groups is 2. The molecule has 2 amide bonds. The van der Waals surface area contributed by atoms with Gasteiger partial charge in [0.2, 0.25) is 0 Å². The predicted octanol–water partition coefficient (Wildman–Crippen LogP) is 11.0. The number of rotatable bonds is 13. The number of Topliss-reactive ketones (excluding diaryl/α,β-unsaturated/α-hetero) is 2. The molecule has 0 N–H and O–H groups in total. The molecule has 4 aliphatic heterocycles. The molecule has 4 atom stereocenters. The van der Waals surface area contributed by atoms with Crippen molar-refractivity contribution in [3.63, 3.8) is 0 Å². The maximum atomic E-state index is 13.8. The summed E-state index contributed by atoms with van der Waals surface area (Å²) in [7, 11) is 0. The minimum absolute atomic E-state index is 0.201. The Bertz CT molecular complexity index is 2510. The summed E-state index contributed by atoms with van der Waals surface area (Å²) in [5, 5.41) is 25.6. The number of ether oxygens (including phenoxy) is 2. The zero-order valence-corrected chi connectivity index (χ0v) is 41.7. The Morgan fingerprint density at radius 2 is 0.986 bits per heavy atom. The standard InChI is InChI=1S/C55H66N6O10/c1-54(2,3)70-52(64)57-28-10-14-46(57)50(62)34-40-18-16-38(32-48(40)60(66)67)44-24-25-45(59(44)43-22-20-42(21-23-43)56-30-26-37(27-31-56)36-12-8-7-9-13-36)39-17-19-41(49(33-39)61(68)69)35-51(63)47-15-11-29-58(47)53(65)71-55(4,5)6/h7-9,12-13,16-23,32-33,37,44-47H,10-11,14-15,24-31,34-35H2,1-6H3/t44-,45-,46+,47+/m1/s1. The molecule has 0 saturated carbocycles. The molecule has 16 nitrogen and oxygen atoms in total. The lowest BCUT2D eigenvalue weighted by Crippen LogP contribution is -2.43. The van der Waals surface area contributed by atoms with E-state index in [4.69, 9.17) is 9.47 Å². The van der Waals surface area contributed by atoms with E-state index in [9.17, 15) is 39.4 Å². The number of likely N-dealkylation sites (tertiary alicyclic amines) is 2. The summed E-state index contributed by atoms with van der Waals surface area (Å²) in [4.78, 5) is 85.8. The van der Waals surface area contributed by atoms with Crippen LogP contribution in [0.1, 0.15) is 139 Å². The van der Waals surface area contributed by atoms with Crippen LogP contribution in [0.2, 0.25) is 0 Å². The van der Waals surface area contributed by atoms with Crippen LogP contribution in [0.5, 0.6) is 0 Å². The highest BCUT2D eigenvalue weighted by Gasteiger charge is 2.41. The van der Waals surface area contributed by atoms with Crippen LogP contribution < -0.4 is 9.80 Å². The van der Waals surface area contributed by atoms with Gasteiger partial charge in [0.1, 0.15) is 11.2 Å². The highest BCUT2D eigenvalue weighted by molar-refractivity contribution is 5.91. The Balaban J connectivity index is 1.08. The van der Waals surface area contributed by atoms with E-state index in [2.05, 4.69) is 46.2 Å². The number of piperidine rings is 1. The second kappa shape index (κ2) is 20.9. The average molecular weight is 971 g/mol. The molecule has 8 rings (SSSR count). The monoisotopic (exact) mass is 970 g/mol. The van der Waals surface area contributed by atoms with Gasteiger partial charge in [-0.3, -0.25) is 39.6 Å². The van der Waals surface area contributed by atoms with Crippen LogP contribution in [-0.2, 0) is 31.9 Å². The molecule has 4 saturated heterocycles. The summed E-state index contributed by atoms with van der Waals surface area (Å²) in [6.45, 7) is 13.0. The van der Waals surface area contributed by atoms with Crippen LogP contribution in [0, 0.1) is 20.2 Å². The fourth-order valence-corrected chi connectivity index (χ4v) is 11.0. The van der Waals surface area contributed by atoms with Gasteiger partial charge in [-0.2, -0.15) is 0 Å². The van der Waals surface area contributed by atoms with Gasteiger partial charge in [-0.25, -0.2) is 9.59 Å². The van der Waals surface area contributed by atoms with Crippen LogP contribution in [0.4, 0.5) is 32.3 Å². The molecule has 4 fully saturated rings. The highest BCUT2D eigenvalue weighted by Crippen LogP contribution is 2.49. The third-order valence-electron chi connectivity index (χ3n) is 14.3. The van der Waals surface area contributed by atoms with Crippen molar-refractivity contribution in [1.29, 1.82) is 0 Å². The number of carbonyl (C=O) groups excluding carboxylic acids is 4. The maximum Gasteiger partial charge on any atom is 0.410 e. The molecule has 0 bridgehead atoms. The molecule has 0 unspecified atom stereocenters. The van der Waals surface area contributed by atoms with Crippen LogP contribution in [0.3, 0.4) is 0 Å². The third-order valence-corrected chi connectivity index (χ3v) is 14.3. The second-order valence-corrected chi connectivity index (χ2v) is 21.4. The van der Waals surface area contributed by atoms with Crippen molar-refractivity contribution in [3.8, 4) is 0 Å². The smallest absolute Gasteiger partial charge is 0.410 e. The lowest BCUT2D eigenvalue weighted by atomic mass is 9.89. The normalized spacial score (nSPS) is 20.8. The van der Waals surface area contributed by atoms with E-state index in [1.54, 1.807) is 53.7 Å². The van der Waals surface area contributed by atoms with Crippen molar-refractivity contribution in [2.45, 2.75) is 147 Å². The first-order valence-electron chi connectivity index (χ1n) is 25.0. The molecule has 4 aromatic rings. The first kappa shape index (κ1) is 50.5. The minimum atomic E-state index is -0.753. The summed E-state index contributed by atoms with van der Waals surface area (Å²) >= 11 is 0. The molecular weight excluding hydrogens is 905 g/mol. The number of nitro benzene ring substituents is 2. The van der Waals surface area contributed by atoms with Gasteiger partial charge in [0.25, 0.3) is 11.4 Å². The number of hydrogen-bond acceptors (Lipinski definition) is 12. The van der Waals surface area contributed by atoms with Gasteiger partial charge >= 0.3 is 12.2 Å². The first-order valence-corrected chi connectivity index (χ1v) is 25.0. The fraction of sp³-hybridized carbons (Fsp3) is 0.491. The predicted molar refractivity (Wildman–Crippen MR) is 270 cm³/mol. The molecule has 16 heteroatoms. The fourth-order valence-electron chi connectivity index (χ4n) is 11.0. The summed E-state index contributed by atoms with van der Waals surface area (Å²) < 4.78 is 11.1. The summed E-state index contributed by atoms with van der Waals surface area (Å²) in [6.07, 6.45) is 3.62. The van der Waals surface area contributed by atoms with Crippen LogP contribution >= 0.6 is 0 Å².